The number of pyridine rings is 1. The van der Waals surface area contributed by atoms with Crippen LogP contribution in [-0.4, -0.2) is 58.1 Å². The zero-order valence-electron chi connectivity index (χ0n) is 21.1. The van der Waals surface area contributed by atoms with E-state index >= 15 is 0 Å². The summed E-state index contributed by atoms with van der Waals surface area (Å²) in [5, 5.41) is 0. The van der Waals surface area contributed by atoms with E-state index in [1.165, 1.54) is 12.1 Å². The molecule has 0 N–H and O–H groups in total. The summed E-state index contributed by atoms with van der Waals surface area (Å²) >= 11 is 0. The number of rotatable bonds is 3. The molecule has 3 heterocycles. The Labute approximate surface area is 204 Å². The molecule has 1 saturated heterocycles. The van der Waals surface area contributed by atoms with E-state index in [1.807, 2.05) is 47.6 Å². The van der Waals surface area contributed by atoms with Crippen LogP contribution in [0.25, 0.3) is 22.4 Å². The molecule has 0 unspecified atom stereocenters. The van der Waals surface area contributed by atoms with Crippen LogP contribution in [0.1, 0.15) is 63.6 Å². The number of carbonyl (C=O) groups excluding carboxylic acids is 2. The minimum absolute atomic E-state index is 0.131. The van der Waals surface area contributed by atoms with Crippen LogP contribution >= 0.6 is 0 Å². The van der Waals surface area contributed by atoms with Crippen LogP contribution in [0.2, 0.25) is 0 Å². The smallest absolute Gasteiger partial charge is 0.410 e. The summed E-state index contributed by atoms with van der Waals surface area (Å²) in [5.74, 6) is -0.206. The van der Waals surface area contributed by atoms with Gasteiger partial charge >= 0.3 is 6.09 Å². The van der Waals surface area contributed by atoms with Crippen molar-refractivity contribution in [1.29, 1.82) is 0 Å². The number of hydrogen-bond donors (Lipinski definition) is 0. The Morgan fingerprint density at radius 1 is 1.14 bits per heavy atom. The Hall–Kier alpha value is -3.42. The van der Waals surface area contributed by atoms with Gasteiger partial charge in [0.15, 0.2) is 11.3 Å². The number of benzene rings is 1. The molecule has 0 bridgehead atoms. The van der Waals surface area contributed by atoms with Gasteiger partial charge in [0.2, 0.25) is 0 Å². The van der Waals surface area contributed by atoms with Gasteiger partial charge in [-0.3, -0.25) is 4.79 Å². The number of aromatic nitrogens is 1. The largest absolute Gasteiger partial charge is 0.449 e. The van der Waals surface area contributed by atoms with Crippen LogP contribution in [0, 0.1) is 5.82 Å². The first-order valence-electron chi connectivity index (χ1n) is 11.9. The van der Waals surface area contributed by atoms with Gasteiger partial charge in [-0.2, -0.15) is 0 Å². The summed E-state index contributed by atoms with van der Waals surface area (Å²) in [6.45, 7) is 12.6. The van der Waals surface area contributed by atoms with Crippen molar-refractivity contribution < 1.29 is 23.1 Å². The SMILES string of the molecule is CC(C)c1cc(-c2ccc(F)cc2)nc2cc(C(=O)N3CCN(C(=O)OC(C)(C)C)[C@@H](C)C3)oc12. The fraction of sp³-hybridized carbons (Fsp3) is 0.444. The first kappa shape index (κ1) is 24.7. The van der Waals surface area contributed by atoms with Crippen LogP contribution in [0.5, 0.6) is 0 Å². The van der Waals surface area contributed by atoms with E-state index in [0.717, 1.165) is 11.1 Å². The molecule has 1 aromatic carbocycles. The third kappa shape index (κ3) is 5.31. The van der Waals surface area contributed by atoms with E-state index in [4.69, 9.17) is 14.1 Å². The second-order valence-electron chi connectivity index (χ2n) is 10.4. The fourth-order valence-electron chi connectivity index (χ4n) is 4.24. The van der Waals surface area contributed by atoms with Gasteiger partial charge in [0.1, 0.15) is 16.9 Å². The van der Waals surface area contributed by atoms with Gasteiger partial charge < -0.3 is 19.0 Å². The second kappa shape index (κ2) is 9.32. The van der Waals surface area contributed by atoms with Gasteiger partial charge in [-0.25, -0.2) is 14.2 Å². The maximum atomic E-state index is 13.4. The Bertz CT molecular complexity index is 1240. The molecular weight excluding hydrogens is 449 g/mol. The maximum Gasteiger partial charge on any atom is 0.410 e. The summed E-state index contributed by atoms with van der Waals surface area (Å²) in [7, 11) is 0. The average molecular weight is 482 g/mol. The van der Waals surface area contributed by atoms with E-state index in [1.54, 1.807) is 28.0 Å². The van der Waals surface area contributed by atoms with Gasteiger partial charge in [-0.15, -0.1) is 0 Å². The van der Waals surface area contributed by atoms with Gasteiger partial charge in [0.25, 0.3) is 5.91 Å². The number of ether oxygens (including phenoxy) is 1. The van der Waals surface area contributed by atoms with Gasteiger partial charge in [0, 0.05) is 42.9 Å². The van der Waals surface area contributed by atoms with Crippen LogP contribution in [-0.2, 0) is 4.74 Å². The van der Waals surface area contributed by atoms with Crippen LogP contribution in [0.4, 0.5) is 9.18 Å². The van der Waals surface area contributed by atoms with E-state index < -0.39 is 5.60 Å². The number of hydrogen-bond acceptors (Lipinski definition) is 5. The van der Waals surface area contributed by atoms with Gasteiger partial charge in [-0.05, 0) is 63.9 Å². The zero-order valence-corrected chi connectivity index (χ0v) is 21.1. The highest BCUT2D eigenvalue weighted by molar-refractivity contribution is 5.96. The van der Waals surface area contributed by atoms with E-state index in [9.17, 15) is 14.0 Å². The summed E-state index contributed by atoms with van der Waals surface area (Å²) in [6.07, 6.45) is -0.375. The van der Waals surface area contributed by atoms with Crippen molar-refractivity contribution in [3.05, 3.63) is 53.5 Å². The van der Waals surface area contributed by atoms with Crippen molar-refractivity contribution in [3.63, 3.8) is 0 Å². The molecular formula is C27H32FN3O4. The Morgan fingerprint density at radius 3 is 2.43 bits per heavy atom. The third-order valence-electron chi connectivity index (χ3n) is 6.02. The van der Waals surface area contributed by atoms with Crippen molar-refractivity contribution in [2.75, 3.05) is 19.6 Å². The zero-order chi connectivity index (χ0) is 25.5. The highest BCUT2D eigenvalue weighted by Crippen LogP contribution is 2.32. The molecule has 0 spiro atoms. The molecule has 4 rings (SSSR count). The van der Waals surface area contributed by atoms with Crippen molar-refractivity contribution in [2.45, 2.75) is 59.1 Å². The van der Waals surface area contributed by atoms with E-state index in [0.29, 0.717) is 36.4 Å². The Balaban J connectivity index is 1.58. The fourth-order valence-corrected chi connectivity index (χ4v) is 4.24. The number of carbonyl (C=O) groups is 2. The van der Waals surface area contributed by atoms with Crippen molar-refractivity contribution in [1.82, 2.24) is 14.8 Å². The quantitative estimate of drug-likeness (QED) is 0.470. The number of amides is 2. The van der Waals surface area contributed by atoms with Crippen molar-refractivity contribution >= 4 is 23.1 Å². The van der Waals surface area contributed by atoms with E-state index in [-0.39, 0.29) is 35.5 Å². The topological polar surface area (TPSA) is 75.9 Å². The molecule has 35 heavy (non-hydrogen) atoms. The molecule has 0 aliphatic carbocycles. The lowest BCUT2D eigenvalue weighted by Gasteiger charge is -2.39. The lowest BCUT2D eigenvalue weighted by Crippen LogP contribution is -2.56. The standard InChI is InChI=1S/C27H32FN3O4/c1-16(2)20-13-21(18-7-9-19(28)10-8-18)29-22-14-23(34-24(20)22)25(32)30-11-12-31(17(3)15-30)26(33)35-27(4,5)6/h7-10,13-14,16-17H,11-12,15H2,1-6H3/t17-/m0/s1. The molecule has 3 aromatic rings. The predicted octanol–water partition coefficient (Wildman–Crippen LogP) is 5.84. The van der Waals surface area contributed by atoms with Gasteiger partial charge in [0.05, 0.1) is 5.69 Å². The molecule has 1 fully saturated rings. The molecule has 1 atom stereocenters. The van der Waals surface area contributed by atoms with E-state index in [2.05, 4.69) is 0 Å². The normalized spacial score (nSPS) is 16.7. The van der Waals surface area contributed by atoms with Crippen LogP contribution < -0.4 is 0 Å². The Kier molecular flexibility index (Phi) is 6.58. The summed E-state index contributed by atoms with van der Waals surface area (Å²) < 4.78 is 24.9. The Morgan fingerprint density at radius 2 is 1.83 bits per heavy atom. The molecule has 8 heteroatoms. The molecule has 2 aromatic heterocycles. The first-order valence-corrected chi connectivity index (χ1v) is 11.9. The molecule has 1 aliphatic heterocycles. The second-order valence-corrected chi connectivity index (χ2v) is 10.4. The third-order valence-corrected chi connectivity index (χ3v) is 6.02. The summed E-state index contributed by atoms with van der Waals surface area (Å²) in [5.41, 5.74) is 2.99. The minimum atomic E-state index is -0.577. The molecule has 186 valence electrons. The minimum Gasteiger partial charge on any atom is -0.449 e. The number of fused-ring (bicyclic) bond motifs is 1. The summed E-state index contributed by atoms with van der Waals surface area (Å²) in [6, 6.07) is 9.58. The highest BCUT2D eigenvalue weighted by Gasteiger charge is 2.34. The number of halogens is 1. The van der Waals surface area contributed by atoms with Crippen molar-refractivity contribution in [3.8, 4) is 11.3 Å². The van der Waals surface area contributed by atoms with Crippen molar-refractivity contribution in [2.24, 2.45) is 0 Å². The lowest BCUT2D eigenvalue weighted by atomic mass is 10.00. The predicted molar refractivity (Wildman–Crippen MR) is 132 cm³/mol. The number of furan rings is 1. The summed E-state index contributed by atoms with van der Waals surface area (Å²) in [4.78, 5) is 33.9. The average Bonchev–Trinajstić information content (AvgIpc) is 3.21. The number of nitrogens with zero attached hydrogens (tertiary/aromatic N) is 3. The maximum absolute atomic E-state index is 13.4. The monoisotopic (exact) mass is 481 g/mol. The highest BCUT2D eigenvalue weighted by atomic mass is 19.1. The molecule has 1 aliphatic rings. The first-order chi connectivity index (χ1) is 16.4. The molecule has 0 radical (unpaired) electrons. The number of piperazine rings is 1. The molecule has 7 nitrogen and oxygen atoms in total. The molecule has 2 amide bonds. The van der Waals surface area contributed by atoms with Crippen LogP contribution in [0.3, 0.4) is 0 Å². The lowest BCUT2D eigenvalue weighted by molar-refractivity contribution is 0.00159. The van der Waals surface area contributed by atoms with Crippen LogP contribution in [0.15, 0.2) is 40.8 Å². The molecule has 0 saturated carbocycles. The van der Waals surface area contributed by atoms with Gasteiger partial charge in [-0.1, -0.05) is 13.8 Å².